The topological polar surface area (TPSA) is 44.1 Å². The Balaban J connectivity index is 2.04. The van der Waals surface area contributed by atoms with Crippen molar-refractivity contribution in [1.29, 1.82) is 5.26 Å². The Kier molecular flexibility index (Phi) is 3.43. The quantitative estimate of drug-likeness (QED) is 0.731. The van der Waals surface area contributed by atoms with Gasteiger partial charge in [0.05, 0.1) is 6.07 Å². The fourth-order valence-corrected chi connectivity index (χ4v) is 2.17. The van der Waals surface area contributed by atoms with Crippen LogP contribution in [-0.4, -0.2) is 18.9 Å². The van der Waals surface area contributed by atoms with E-state index in [1.54, 1.807) is 6.92 Å². The second-order valence-electron chi connectivity index (χ2n) is 4.49. The highest BCUT2D eigenvalue weighted by molar-refractivity contribution is 5.94. The molecule has 0 N–H and O–H groups in total. The molecule has 0 aliphatic carbocycles. The van der Waals surface area contributed by atoms with Crippen molar-refractivity contribution in [2.24, 2.45) is 5.92 Å². The van der Waals surface area contributed by atoms with E-state index in [-0.39, 0.29) is 11.7 Å². The van der Waals surface area contributed by atoms with Crippen LogP contribution in [0, 0.1) is 17.2 Å². The van der Waals surface area contributed by atoms with Crippen molar-refractivity contribution in [1.82, 2.24) is 0 Å². The fourth-order valence-electron chi connectivity index (χ4n) is 2.17. The minimum absolute atomic E-state index is 0.0970. The molecule has 1 aromatic rings. The van der Waals surface area contributed by atoms with Crippen LogP contribution in [0.25, 0.3) is 0 Å². The predicted molar refractivity (Wildman–Crippen MR) is 67.0 cm³/mol. The normalized spacial score (nSPS) is 16.6. The van der Waals surface area contributed by atoms with E-state index in [0.717, 1.165) is 37.2 Å². The van der Waals surface area contributed by atoms with Crippen LogP contribution in [0.4, 0.5) is 5.69 Å². The van der Waals surface area contributed by atoms with Gasteiger partial charge in [0.2, 0.25) is 0 Å². The molecule has 0 atom stereocenters. The first-order valence-corrected chi connectivity index (χ1v) is 5.96. The highest BCUT2D eigenvalue weighted by atomic mass is 16.1. The molecule has 3 nitrogen and oxygen atoms in total. The Morgan fingerprint density at radius 3 is 2.35 bits per heavy atom. The number of hydrogen-bond donors (Lipinski definition) is 0. The zero-order valence-electron chi connectivity index (χ0n) is 10.0. The molecule has 1 aliphatic heterocycles. The minimum atomic E-state index is 0.0970. The van der Waals surface area contributed by atoms with Gasteiger partial charge in [-0.3, -0.25) is 4.79 Å². The van der Waals surface area contributed by atoms with Crippen LogP contribution >= 0.6 is 0 Å². The number of carbonyl (C=O) groups is 1. The van der Waals surface area contributed by atoms with Crippen molar-refractivity contribution < 1.29 is 4.79 Å². The molecular weight excluding hydrogens is 212 g/mol. The Labute approximate surface area is 102 Å². The lowest BCUT2D eigenvalue weighted by Gasteiger charge is -2.31. The van der Waals surface area contributed by atoms with Crippen LogP contribution < -0.4 is 4.90 Å². The lowest BCUT2D eigenvalue weighted by atomic mass is 9.98. The van der Waals surface area contributed by atoms with Crippen LogP contribution in [0.15, 0.2) is 24.3 Å². The average molecular weight is 228 g/mol. The van der Waals surface area contributed by atoms with Gasteiger partial charge in [-0.2, -0.15) is 5.26 Å². The molecule has 2 rings (SSSR count). The average Bonchev–Trinajstić information content (AvgIpc) is 2.39. The van der Waals surface area contributed by atoms with Gasteiger partial charge >= 0.3 is 0 Å². The third-order valence-corrected chi connectivity index (χ3v) is 3.32. The summed E-state index contributed by atoms with van der Waals surface area (Å²) in [4.78, 5) is 13.4. The maximum Gasteiger partial charge on any atom is 0.159 e. The molecule has 0 bridgehead atoms. The van der Waals surface area contributed by atoms with E-state index in [0.29, 0.717) is 0 Å². The maximum absolute atomic E-state index is 11.2. The smallest absolute Gasteiger partial charge is 0.159 e. The van der Waals surface area contributed by atoms with E-state index in [1.807, 2.05) is 24.3 Å². The van der Waals surface area contributed by atoms with Crippen LogP contribution in [0.1, 0.15) is 30.1 Å². The van der Waals surface area contributed by atoms with Crippen LogP contribution in [0.2, 0.25) is 0 Å². The number of Topliss-reactive ketones (excluding diaryl/α,β-unsaturated/α-hetero) is 1. The second-order valence-corrected chi connectivity index (χ2v) is 4.49. The first-order chi connectivity index (χ1) is 8.20. The monoisotopic (exact) mass is 228 g/mol. The number of anilines is 1. The van der Waals surface area contributed by atoms with E-state index in [9.17, 15) is 4.79 Å². The number of piperidine rings is 1. The summed E-state index contributed by atoms with van der Waals surface area (Å²) in [7, 11) is 0. The lowest BCUT2D eigenvalue weighted by Crippen LogP contribution is -2.33. The first kappa shape index (κ1) is 11.7. The molecule has 0 unspecified atom stereocenters. The van der Waals surface area contributed by atoms with E-state index in [1.165, 1.54) is 0 Å². The van der Waals surface area contributed by atoms with Crippen molar-refractivity contribution in [3.8, 4) is 6.07 Å². The number of benzene rings is 1. The summed E-state index contributed by atoms with van der Waals surface area (Å²) in [6.07, 6.45) is 1.87. The molecule has 0 radical (unpaired) electrons. The fraction of sp³-hybridized carbons (Fsp3) is 0.429. The number of carbonyl (C=O) groups excluding carboxylic acids is 1. The summed E-state index contributed by atoms with van der Waals surface area (Å²) in [6.45, 7) is 3.43. The van der Waals surface area contributed by atoms with E-state index >= 15 is 0 Å². The van der Waals surface area contributed by atoms with Gasteiger partial charge in [0.15, 0.2) is 5.78 Å². The summed E-state index contributed by atoms with van der Waals surface area (Å²) in [5, 5.41) is 8.84. The zero-order chi connectivity index (χ0) is 12.3. The molecule has 1 aromatic carbocycles. The van der Waals surface area contributed by atoms with Gasteiger partial charge in [-0.15, -0.1) is 0 Å². The van der Waals surface area contributed by atoms with Gasteiger partial charge in [0, 0.05) is 30.3 Å². The summed E-state index contributed by atoms with van der Waals surface area (Å²) >= 11 is 0. The van der Waals surface area contributed by atoms with Gasteiger partial charge in [0.1, 0.15) is 0 Å². The molecule has 17 heavy (non-hydrogen) atoms. The molecule has 0 amide bonds. The SMILES string of the molecule is CC(=O)c1ccc(N2CCC(C#N)CC2)cc1. The molecule has 0 spiro atoms. The Hall–Kier alpha value is -1.82. The van der Waals surface area contributed by atoms with Crippen molar-refractivity contribution in [3.63, 3.8) is 0 Å². The van der Waals surface area contributed by atoms with Gasteiger partial charge < -0.3 is 4.90 Å². The van der Waals surface area contributed by atoms with E-state index in [4.69, 9.17) is 5.26 Å². The molecule has 1 aliphatic rings. The largest absolute Gasteiger partial charge is 0.371 e. The molecule has 1 fully saturated rings. The molecule has 3 heteroatoms. The maximum atomic E-state index is 11.2. The Morgan fingerprint density at radius 2 is 1.88 bits per heavy atom. The second kappa shape index (κ2) is 5.01. The number of rotatable bonds is 2. The zero-order valence-corrected chi connectivity index (χ0v) is 10.0. The Morgan fingerprint density at radius 1 is 1.29 bits per heavy atom. The van der Waals surface area contributed by atoms with Gasteiger partial charge in [-0.25, -0.2) is 0 Å². The highest BCUT2D eigenvalue weighted by Gasteiger charge is 2.18. The number of hydrogen-bond acceptors (Lipinski definition) is 3. The van der Waals surface area contributed by atoms with Crippen molar-refractivity contribution in [2.45, 2.75) is 19.8 Å². The Bertz CT molecular complexity index is 436. The number of nitriles is 1. The molecule has 0 aromatic heterocycles. The summed E-state index contributed by atoms with van der Waals surface area (Å²) in [6, 6.07) is 10.0. The van der Waals surface area contributed by atoms with Gasteiger partial charge in [-0.05, 0) is 44.0 Å². The van der Waals surface area contributed by atoms with E-state index < -0.39 is 0 Å². The van der Waals surface area contributed by atoms with Crippen molar-refractivity contribution in [2.75, 3.05) is 18.0 Å². The minimum Gasteiger partial charge on any atom is -0.371 e. The standard InChI is InChI=1S/C14H16N2O/c1-11(17)13-2-4-14(5-3-13)16-8-6-12(10-15)7-9-16/h2-5,12H,6-9H2,1H3. The predicted octanol–water partition coefficient (Wildman–Crippen LogP) is 2.63. The van der Waals surface area contributed by atoms with Gasteiger partial charge in [-0.1, -0.05) is 0 Å². The van der Waals surface area contributed by atoms with Gasteiger partial charge in [0.25, 0.3) is 0 Å². The number of ketones is 1. The summed E-state index contributed by atoms with van der Waals surface area (Å²) in [5.41, 5.74) is 1.90. The molecule has 1 heterocycles. The summed E-state index contributed by atoms with van der Waals surface area (Å²) < 4.78 is 0. The van der Waals surface area contributed by atoms with Crippen LogP contribution in [0.3, 0.4) is 0 Å². The van der Waals surface area contributed by atoms with Crippen molar-refractivity contribution in [3.05, 3.63) is 29.8 Å². The number of nitrogens with zero attached hydrogens (tertiary/aromatic N) is 2. The lowest BCUT2D eigenvalue weighted by molar-refractivity contribution is 0.101. The molecular formula is C14H16N2O. The third kappa shape index (κ3) is 2.65. The summed E-state index contributed by atoms with van der Waals surface area (Å²) in [5.74, 6) is 0.308. The third-order valence-electron chi connectivity index (χ3n) is 3.32. The first-order valence-electron chi connectivity index (χ1n) is 5.96. The molecule has 1 saturated heterocycles. The molecule has 0 saturated carbocycles. The van der Waals surface area contributed by atoms with Crippen LogP contribution in [-0.2, 0) is 0 Å². The molecule has 88 valence electrons. The highest BCUT2D eigenvalue weighted by Crippen LogP contribution is 2.23. The van der Waals surface area contributed by atoms with Crippen LogP contribution in [0.5, 0.6) is 0 Å². The van der Waals surface area contributed by atoms with E-state index in [2.05, 4.69) is 11.0 Å². The van der Waals surface area contributed by atoms with Crippen molar-refractivity contribution >= 4 is 11.5 Å².